The first kappa shape index (κ1) is 18.8. The highest BCUT2D eigenvalue weighted by molar-refractivity contribution is 6.05. The van der Waals surface area contributed by atoms with E-state index in [9.17, 15) is 22.4 Å². The fraction of sp³-hybridized carbons (Fsp3) is 0.0952. The van der Waals surface area contributed by atoms with Crippen molar-refractivity contribution >= 4 is 28.0 Å². The van der Waals surface area contributed by atoms with E-state index in [-0.39, 0.29) is 34.1 Å². The van der Waals surface area contributed by atoms with Gasteiger partial charge in [-0.3, -0.25) is 9.78 Å². The van der Waals surface area contributed by atoms with Crippen LogP contribution in [0, 0.1) is 11.2 Å². The lowest BCUT2D eigenvalue weighted by Gasteiger charge is -2.16. The van der Waals surface area contributed by atoms with Crippen LogP contribution in [-0.4, -0.2) is 15.8 Å². The van der Waals surface area contributed by atoms with Crippen molar-refractivity contribution in [1.82, 2.24) is 9.55 Å². The zero-order chi connectivity index (χ0) is 20.8. The summed E-state index contributed by atoms with van der Waals surface area (Å²) in [6.45, 7) is 0. The van der Waals surface area contributed by atoms with Crippen LogP contribution < -0.4 is 5.43 Å². The van der Waals surface area contributed by atoms with E-state index in [2.05, 4.69) is 4.98 Å². The zero-order valence-corrected chi connectivity index (χ0v) is 14.8. The number of hydrogen-bond donors (Lipinski definition) is 1. The van der Waals surface area contributed by atoms with Gasteiger partial charge in [0.2, 0.25) is 0 Å². The number of rotatable bonds is 3. The molecule has 4 nitrogen and oxygen atoms in total. The number of pyridine rings is 2. The number of halogens is 4. The van der Waals surface area contributed by atoms with Gasteiger partial charge in [-0.15, -0.1) is 0 Å². The van der Waals surface area contributed by atoms with E-state index in [0.29, 0.717) is 10.9 Å². The molecule has 0 fully saturated rings. The van der Waals surface area contributed by atoms with Gasteiger partial charge in [0, 0.05) is 42.0 Å². The molecular weight excluding hydrogens is 386 g/mol. The number of benzene rings is 2. The first-order valence-electron chi connectivity index (χ1n) is 8.59. The average molecular weight is 399 g/mol. The molecule has 0 unspecified atom stereocenters. The van der Waals surface area contributed by atoms with Gasteiger partial charge in [-0.1, -0.05) is 6.07 Å². The molecule has 0 amide bonds. The SMILES string of the molecule is N=CCc1nc2cc(F)ccc2c2c1c(=O)ccn2-c1cccc(C(F)(F)F)c1. The van der Waals surface area contributed by atoms with Crippen molar-refractivity contribution in [2.24, 2.45) is 0 Å². The molecule has 0 aliphatic carbocycles. The lowest BCUT2D eigenvalue weighted by atomic mass is 10.1. The molecule has 2 aromatic heterocycles. The first-order chi connectivity index (χ1) is 13.8. The van der Waals surface area contributed by atoms with Crippen molar-refractivity contribution in [3.63, 3.8) is 0 Å². The van der Waals surface area contributed by atoms with Gasteiger partial charge in [0.1, 0.15) is 5.82 Å². The molecule has 2 heterocycles. The van der Waals surface area contributed by atoms with E-state index in [1.54, 1.807) is 0 Å². The van der Waals surface area contributed by atoms with Crippen LogP contribution in [0.5, 0.6) is 0 Å². The molecule has 1 N–H and O–H groups in total. The maximum atomic E-state index is 13.8. The Bertz CT molecular complexity index is 1330. The molecule has 0 bridgehead atoms. The van der Waals surface area contributed by atoms with Crippen molar-refractivity contribution in [2.45, 2.75) is 12.6 Å². The predicted molar refractivity (Wildman–Crippen MR) is 102 cm³/mol. The molecule has 4 rings (SSSR count). The Morgan fingerprint density at radius 1 is 1.10 bits per heavy atom. The van der Waals surface area contributed by atoms with Gasteiger partial charge in [0.15, 0.2) is 5.43 Å². The Morgan fingerprint density at radius 2 is 1.90 bits per heavy atom. The summed E-state index contributed by atoms with van der Waals surface area (Å²) < 4.78 is 54.8. The average Bonchev–Trinajstić information content (AvgIpc) is 2.67. The Hall–Kier alpha value is -3.55. The van der Waals surface area contributed by atoms with Gasteiger partial charge in [-0.05, 0) is 30.3 Å². The van der Waals surface area contributed by atoms with E-state index < -0.39 is 17.6 Å². The maximum absolute atomic E-state index is 13.8. The molecule has 2 aromatic carbocycles. The minimum absolute atomic E-state index is 0.0325. The molecule has 0 radical (unpaired) electrons. The van der Waals surface area contributed by atoms with Crippen LogP contribution in [0.1, 0.15) is 11.3 Å². The van der Waals surface area contributed by atoms with Crippen LogP contribution in [0.4, 0.5) is 17.6 Å². The van der Waals surface area contributed by atoms with Gasteiger partial charge in [0.05, 0.1) is 27.7 Å². The number of alkyl halides is 3. The van der Waals surface area contributed by atoms with Crippen LogP contribution in [0.25, 0.3) is 27.5 Å². The normalized spacial score (nSPS) is 11.9. The van der Waals surface area contributed by atoms with Gasteiger partial charge < -0.3 is 9.98 Å². The first-order valence-corrected chi connectivity index (χ1v) is 8.59. The number of nitrogens with one attached hydrogen (secondary N) is 1. The third kappa shape index (κ3) is 3.26. The van der Waals surface area contributed by atoms with Crippen LogP contribution in [0.15, 0.2) is 59.5 Å². The topological polar surface area (TPSA) is 58.7 Å². The monoisotopic (exact) mass is 399 g/mol. The number of hydrogen-bond acceptors (Lipinski definition) is 3. The van der Waals surface area contributed by atoms with E-state index in [1.807, 2.05) is 0 Å². The fourth-order valence-corrected chi connectivity index (χ4v) is 3.37. The lowest BCUT2D eigenvalue weighted by Crippen LogP contribution is -2.12. The minimum atomic E-state index is -4.52. The second-order valence-corrected chi connectivity index (χ2v) is 6.45. The van der Waals surface area contributed by atoms with E-state index >= 15 is 0 Å². The van der Waals surface area contributed by atoms with Gasteiger partial charge in [-0.2, -0.15) is 13.2 Å². The van der Waals surface area contributed by atoms with E-state index in [4.69, 9.17) is 5.41 Å². The van der Waals surface area contributed by atoms with Crippen LogP contribution in [-0.2, 0) is 12.6 Å². The second-order valence-electron chi connectivity index (χ2n) is 6.45. The summed E-state index contributed by atoms with van der Waals surface area (Å²) in [4.78, 5) is 16.9. The third-order valence-corrected chi connectivity index (χ3v) is 4.61. The van der Waals surface area contributed by atoms with Crippen molar-refractivity contribution in [2.75, 3.05) is 0 Å². The molecule has 0 aliphatic rings. The van der Waals surface area contributed by atoms with E-state index in [1.165, 1.54) is 47.2 Å². The highest BCUT2D eigenvalue weighted by atomic mass is 19.4. The summed E-state index contributed by atoms with van der Waals surface area (Å²) in [5.41, 5.74) is -0.175. The Kier molecular flexibility index (Phi) is 4.41. The summed E-state index contributed by atoms with van der Waals surface area (Å²) in [5, 5.41) is 7.99. The van der Waals surface area contributed by atoms with Gasteiger partial charge in [0.25, 0.3) is 0 Å². The minimum Gasteiger partial charge on any atom is -0.316 e. The summed E-state index contributed by atoms with van der Waals surface area (Å²) in [5.74, 6) is -0.533. The van der Waals surface area contributed by atoms with E-state index in [0.717, 1.165) is 18.3 Å². The Labute approximate surface area is 161 Å². The largest absolute Gasteiger partial charge is 0.416 e. The Morgan fingerprint density at radius 3 is 2.62 bits per heavy atom. The van der Waals surface area contributed by atoms with Crippen molar-refractivity contribution in [3.05, 3.63) is 82.0 Å². The lowest BCUT2D eigenvalue weighted by molar-refractivity contribution is -0.137. The van der Waals surface area contributed by atoms with Gasteiger partial charge in [-0.25, -0.2) is 4.39 Å². The summed E-state index contributed by atoms with van der Waals surface area (Å²) in [6.07, 6.45) is -2.04. The maximum Gasteiger partial charge on any atom is 0.416 e. The number of nitrogens with zero attached hydrogens (tertiary/aromatic N) is 2. The fourth-order valence-electron chi connectivity index (χ4n) is 3.37. The molecule has 8 heteroatoms. The summed E-state index contributed by atoms with van der Waals surface area (Å²) in [6, 6.07) is 9.79. The van der Waals surface area contributed by atoms with Crippen molar-refractivity contribution in [1.29, 1.82) is 5.41 Å². The zero-order valence-electron chi connectivity index (χ0n) is 14.8. The third-order valence-electron chi connectivity index (χ3n) is 4.61. The highest BCUT2D eigenvalue weighted by Gasteiger charge is 2.30. The van der Waals surface area contributed by atoms with Gasteiger partial charge >= 0.3 is 6.18 Å². The standard InChI is InChI=1S/C21H13F4N3O/c22-13-4-5-15-17(11-13)27-16(6-8-26)19-18(29)7-9-28(20(15)19)14-3-1-2-12(10-14)21(23,24)25/h1-5,7-11,26H,6H2. The molecule has 0 spiro atoms. The van der Waals surface area contributed by atoms with Crippen molar-refractivity contribution in [3.8, 4) is 5.69 Å². The van der Waals surface area contributed by atoms with Crippen LogP contribution in [0.3, 0.4) is 0 Å². The number of fused-ring (bicyclic) bond motifs is 3. The molecular formula is C21H13F4N3O. The molecule has 146 valence electrons. The Balaban J connectivity index is 2.16. The molecule has 0 aliphatic heterocycles. The molecule has 4 aromatic rings. The number of aromatic nitrogens is 2. The molecule has 0 saturated carbocycles. The molecule has 0 atom stereocenters. The quantitative estimate of drug-likeness (QED) is 0.303. The summed E-state index contributed by atoms with van der Waals surface area (Å²) >= 11 is 0. The summed E-state index contributed by atoms with van der Waals surface area (Å²) in [7, 11) is 0. The smallest absolute Gasteiger partial charge is 0.316 e. The molecule has 29 heavy (non-hydrogen) atoms. The van der Waals surface area contributed by atoms with Crippen LogP contribution in [0.2, 0.25) is 0 Å². The second kappa shape index (κ2) is 6.80. The molecule has 0 saturated heterocycles. The van der Waals surface area contributed by atoms with Crippen LogP contribution >= 0.6 is 0 Å². The highest BCUT2D eigenvalue weighted by Crippen LogP contribution is 2.32. The predicted octanol–water partition coefficient (Wildman–Crippen LogP) is 4.89. The van der Waals surface area contributed by atoms with Crippen molar-refractivity contribution < 1.29 is 17.6 Å².